The average molecular weight is 420 g/mol. The van der Waals surface area contributed by atoms with E-state index in [1.807, 2.05) is 82.7 Å². The molecule has 0 radical (unpaired) electrons. The minimum atomic E-state index is -0.0437. The Morgan fingerprint density at radius 2 is 1.55 bits per heavy atom. The highest BCUT2D eigenvalue weighted by Gasteiger charge is 2.26. The quantitative estimate of drug-likeness (QED) is 0.498. The average Bonchev–Trinajstić information content (AvgIpc) is 3.27. The van der Waals surface area contributed by atoms with Crippen LogP contribution in [0, 0.1) is 27.7 Å². The van der Waals surface area contributed by atoms with Crippen LogP contribution in [0.2, 0.25) is 0 Å². The number of nitrogens with zero attached hydrogens (tertiary/aromatic N) is 7. The van der Waals surface area contributed by atoms with Crippen LogP contribution in [0.5, 0.6) is 0 Å². The molecule has 0 spiro atoms. The molecule has 3 heterocycles. The van der Waals surface area contributed by atoms with Crippen molar-refractivity contribution in [1.29, 1.82) is 0 Å². The maximum atomic E-state index is 13.8. The number of imidazole rings is 1. The largest absolute Gasteiger partial charge is 0.330 e. The minimum absolute atomic E-state index is 0.0437. The molecule has 3 aromatic heterocycles. The lowest BCUT2D eigenvalue weighted by atomic mass is 10.1. The molecule has 162 valence electrons. The summed E-state index contributed by atoms with van der Waals surface area (Å²) in [6.45, 7) is 8.69. The molecule has 0 bridgehead atoms. The summed E-state index contributed by atoms with van der Waals surface area (Å²) < 4.78 is 5.68. The molecule has 0 aliphatic heterocycles. The summed E-state index contributed by atoms with van der Waals surface area (Å²) in [4.78, 5) is 20.4. The van der Waals surface area contributed by atoms with Crippen molar-refractivity contribution in [3.63, 3.8) is 0 Å². The lowest BCUT2D eigenvalue weighted by Crippen LogP contribution is -2.32. The van der Waals surface area contributed by atoms with E-state index in [4.69, 9.17) is 4.98 Å². The van der Waals surface area contributed by atoms with E-state index in [0.717, 1.165) is 45.2 Å². The Hall–Kier alpha value is -3.42. The number of aryl methyl sites for hydroxylation is 5. The van der Waals surface area contributed by atoms with E-state index in [0.29, 0.717) is 18.7 Å². The van der Waals surface area contributed by atoms with Crippen molar-refractivity contribution in [2.45, 2.75) is 40.8 Å². The first-order valence-electron chi connectivity index (χ1n) is 10.4. The monoisotopic (exact) mass is 419 g/mol. The predicted molar refractivity (Wildman–Crippen MR) is 120 cm³/mol. The molecule has 8 nitrogen and oxygen atoms in total. The van der Waals surface area contributed by atoms with E-state index < -0.39 is 0 Å². The molecule has 4 rings (SSSR count). The molecule has 1 aromatic carbocycles. The standard InChI is InChI=1S/C23H29N7O/c1-14-18(16(3)28(6)25-14)12-30(23(31)22-15(2)26-29(7)17(22)4)13-21-24-19-10-8-9-11-20(19)27(21)5/h8-11H,12-13H2,1-7H3. The fourth-order valence-corrected chi connectivity index (χ4v) is 4.19. The van der Waals surface area contributed by atoms with Crippen LogP contribution in [0.15, 0.2) is 24.3 Å². The SMILES string of the molecule is Cc1nn(C)c(C)c1CN(Cc1nc2ccccc2n1C)C(=O)c1c(C)nn(C)c1C. The van der Waals surface area contributed by atoms with Gasteiger partial charge < -0.3 is 9.47 Å². The zero-order chi connectivity index (χ0) is 22.4. The van der Waals surface area contributed by atoms with Crippen molar-refractivity contribution >= 4 is 16.9 Å². The Morgan fingerprint density at radius 3 is 2.13 bits per heavy atom. The van der Waals surface area contributed by atoms with E-state index in [2.05, 4.69) is 14.8 Å². The number of hydrogen-bond donors (Lipinski definition) is 0. The van der Waals surface area contributed by atoms with Gasteiger partial charge in [0.05, 0.1) is 41.1 Å². The minimum Gasteiger partial charge on any atom is -0.330 e. The molecule has 0 saturated heterocycles. The van der Waals surface area contributed by atoms with Crippen molar-refractivity contribution in [3.8, 4) is 0 Å². The lowest BCUT2D eigenvalue weighted by Gasteiger charge is -2.23. The van der Waals surface area contributed by atoms with Gasteiger partial charge in [0.25, 0.3) is 5.91 Å². The Morgan fingerprint density at radius 1 is 0.903 bits per heavy atom. The molecule has 31 heavy (non-hydrogen) atoms. The molecule has 0 saturated carbocycles. The molecule has 1 amide bonds. The number of fused-ring (bicyclic) bond motifs is 1. The van der Waals surface area contributed by atoms with Crippen LogP contribution in [-0.2, 0) is 34.2 Å². The van der Waals surface area contributed by atoms with Gasteiger partial charge in [-0.3, -0.25) is 14.2 Å². The third-order valence-electron chi connectivity index (χ3n) is 6.23. The van der Waals surface area contributed by atoms with Gasteiger partial charge >= 0.3 is 0 Å². The fraction of sp³-hybridized carbons (Fsp3) is 0.391. The molecule has 0 atom stereocenters. The highest BCUT2D eigenvalue weighted by Crippen LogP contribution is 2.23. The summed E-state index contributed by atoms with van der Waals surface area (Å²) in [6.07, 6.45) is 0. The van der Waals surface area contributed by atoms with Gasteiger partial charge in [-0.15, -0.1) is 0 Å². The van der Waals surface area contributed by atoms with E-state index in [9.17, 15) is 4.79 Å². The van der Waals surface area contributed by atoms with Crippen LogP contribution in [0.1, 0.15) is 44.5 Å². The van der Waals surface area contributed by atoms with E-state index in [1.165, 1.54) is 0 Å². The molecular formula is C23H29N7O. The molecule has 0 fully saturated rings. The van der Waals surface area contributed by atoms with Gasteiger partial charge in [-0.2, -0.15) is 10.2 Å². The summed E-state index contributed by atoms with van der Waals surface area (Å²) in [5.41, 5.74) is 7.27. The Labute approximate surface area is 182 Å². The Kier molecular flexibility index (Phi) is 5.16. The molecule has 0 aliphatic rings. The predicted octanol–water partition coefficient (Wildman–Crippen LogP) is 3.12. The lowest BCUT2D eigenvalue weighted by molar-refractivity contribution is 0.0722. The van der Waals surface area contributed by atoms with Gasteiger partial charge in [0, 0.05) is 38.1 Å². The first-order chi connectivity index (χ1) is 14.7. The number of rotatable bonds is 5. The molecule has 0 unspecified atom stereocenters. The number of hydrogen-bond acceptors (Lipinski definition) is 4. The van der Waals surface area contributed by atoms with Crippen LogP contribution in [0.25, 0.3) is 11.0 Å². The zero-order valence-electron chi connectivity index (χ0n) is 19.3. The van der Waals surface area contributed by atoms with E-state index in [-0.39, 0.29) is 5.91 Å². The van der Waals surface area contributed by atoms with E-state index in [1.54, 1.807) is 4.68 Å². The second kappa shape index (κ2) is 7.68. The summed E-state index contributed by atoms with van der Waals surface area (Å²) in [5.74, 6) is 0.797. The number of carbonyl (C=O) groups excluding carboxylic acids is 1. The highest BCUT2D eigenvalue weighted by molar-refractivity contribution is 5.96. The number of benzene rings is 1. The van der Waals surface area contributed by atoms with Crippen molar-refractivity contribution < 1.29 is 4.79 Å². The van der Waals surface area contributed by atoms with Gasteiger partial charge in [-0.25, -0.2) is 4.98 Å². The van der Waals surface area contributed by atoms with Gasteiger partial charge in [-0.1, -0.05) is 12.1 Å². The number of amides is 1. The van der Waals surface area contributed by atoms with Crippen molar-refractivity contribution in [1.82, 2.24) is 34.0 Å². The third-order valence-corrected chi connectivity index (χ3v) is 6.23. The first kappa shape index (κ1) is 20.8. The third kappa shape index (κ3) is 3.52. The fourth-order valence-electron chi connectivity index (χ4n) is 4.19. The highest BCUT2D eigenvalue weighted by atomic mass is 16.2. The summed E-state index contributed by atoms with van der Waals surface area (Å²) >= 11 is 0. The first-order valence-corrected chi connectivity index (χ1v) is 10.4. The summed E-state index contributed by atoms with van der Waals surface area (Å²) in [5, 5.41) is 8.99. The Bertz CT molecular complexity index is 1290. The van der Waals surface area contributed by atoms with Gasteiger partial charge in [0.15, 0.2) is 0 Å². The van der Waals surface area contributed by atoms with Gasteiger partial charge in [-0.05, 0) is 39.8 Å². The van der Waals surface area contributed by atoms with Crippen LogP contribution in [0.3, 0.4) is 0 Å². The number of aromatic nitrogens is 6. The molecule has 0 N–H and O–H groups in total. The summed E-state index contributed by atoms with van der Waals surface area (Å²) in [6, 6.07) is 8.02. The van der Waals surface area contributed by atoms with Crippen LogP contribution in [-0.4, -0.2) is 39.9 Å². The van der Waals surface area contributed by atoms with Gasteiger partial charge in [0.1, 0.15) is 5.82 Å². The molecule has 8 heteroatoms. The maximum Gasteiger partial charge on any atom is 0.258 e. The van der Waals surface area contributed by atoms with Crippen LogP contribution >= 0.6 is 0 Å². The second-order valence-electron chi connectivity index (χ2n) is 8.18. The van der Waals surface area contributed by atoms with Crippen molar-refractivity contribution in [3.05, 3.63) is 64.0 Å². The van der Waals surface area contributed by atoms with Crippen LogP contribution < -0.4 is 0 Å². The smallest absolute Gasteiger partial charge is 0.258 e. The topological polar surface area (TPSA) is 73.8 Å². The zero-order valence-corrected chi connectivity index (χ0v) is 19.3. The number of para-hydroxylation sites is 2. The second-order valence-corrected chi connectivity index (χ2v) is 8.18. The van der Waals surface area contributed by atoms with E-state index >= 15 is 0 Å². The number of carbonyl (C=O) groups is 1. The van der Waals surface area contributed by atoms with Crippen molar-refractivity contribution in [2.24, 2.45) is 21.1 Å². The molecular weight excluding hydrogens is 390 g/mol. The van der Waals surface area contributed by atoms with Gasteiger partial charge in [0.2, 0.25) is 0 Å². The Balaban J connectivity index is 1.78. The summed E-state index contributed by atoms with van der Waals surface area (Å²) in [7, 11) is 5.79. The normalized spacial score (nSPS) is 11.5. The molecule has 0 aliphatic carbocycles. The van der Waals surface area contributed by atoms with Crippen molar-refractivity contribution in [2.75, 3.05) is 0 Å². The maximum absolute atomic E-state index is 13.8. The van der Waals surface area contributed by atoms with Crippen LogP contribution in [0.4, 0.5) is 0 Å². The molecule has 4 aromatic rings.